The summed E-state index contributed by atoms with van der Waals surface area (Å²) in [7, 11) is 0. The number of hydrogen-bond acceptors (Lipinski definition) is 2. The van der Waals surface area contributed by atoms with E-state index in [2.05, 4.69) is 0 Å². The fourth-order valence-corrected chi connectivity index (χ4v) is 2.39. The number of benzene rings is 1. The van der Waals surface area contributed by atoms with Crippen molar-refractivity contribution in [2.75, 3.05) is 19.6 Å². The Morgan fingerprint density at radius 2 is 2.17 bits per heavy atom. The van der Waals surface area contributed by atoms with Crippen LogP contribution < -0.4 is 4.90 Å². The van der Waals surface area contributed by atoms with E-state index < -0.39 is 11.8 Å². The number of nitrogens with one attached hydrogen (secondary N) is 1. The van der Waals surface area contributed by atoms with Gasteiger partial charge in [0.25, 0.3) is 0 Å². The van der Waals surface area contributed by atoms with Crippen LogP contribution in [0.3, 0.4) is 0 Å². The zero-order chi connectivity index (χ0) is 13.0. The average Bonchev–Trinajstić information content (AvgIpc) is 2.81. The molecule has 0 amide bonds. The van der Waals surface area contributed by atoms with Crippen LogP contribution in [0.15, 0.2) is 24.3 Å². The molecule has 3 nitrogen and oxygen atoms in total. The first-order valence-electron chi connectivity index (χ1n) is 6.45. The second-order valence-electron chi connectivity index (χ2n) is 4.89. The number of carbonyl (C=O) groups is 1. The zero-order valence-electron chi connectivity index (χ0n) is 10.6. The third-order valence-electron chi connectivity index (χ3n) is 3.26. The van der Waals surface area contributed by atoms with Gasteiger partial charge in [-0.1, -0.05) is 6.07 Å². The van der Waals surface area contributed by atoms with Gasteiger partial charge < -0.3 is 9.64 Å². The Kier molecular flexibility index (Phi) is 4.31. The summed E-state index contributed by atoms with van der Waals surface area (Å²) >= 11 is 0. The van der Waals surface area contributed by atoms with Crippen LogP contribution in [0.2, 0.25) is 0 Å². The normalized spacial score (nSPS) is 17.7. The number of carbonyl (C=O) groups excluding carboxylic acids is 1. The molecule has 0 radical (unpaired) electrons. The maximum atomic E-state index is 13.0. The van der Waals surface area contributed by atoms with Crippen molar-refractivity contribution in [1.82, 2.24) is 0 Å². The van der Waals surface area contributed by atoms with Crippen LogP contribution in [0, 0.1) is 5.82 Å². The predicted molar refractivity (Wildman–Crippen MR) is 66.1 cm³/mol. The standard InChI is InChI=1S/C14H18FNO2/c1-11(10-16-7-2-3-8-16)18-14(17)12-5-4-6-13(15)9-12/h4-6,9,11H,2-3,7-8,10H2,1H3/p+1/t11-/m1/s1. The maximum Gasteiger partial charge on any atom is 0.338 e. The molecular formula is C14H19FNO2+. The van der Waals surface area contributed by atoms with Gasteiger partial charge in [-0.15, -0.1) is 0 Å². The second-order valence-corrected chi connectivity index (χ2v) is 4.89. The Hall–Kier alpha value is -1.42. The topological polar surface area (TPSA) is 30.7 Å². The number of ether oxygens (including phenoxy) is 1. The van der Waals surface area contributed by atoms with Gasteiger partial charge in [0.2, 0.25) is 0 Å². The lowest BCUT2D eigenvalue weighted by Crippen LogP contribution is -3.11. The van der Waals surface area contributed by atoms with Crippen LogP contribution >= 0.6 is 0 Å². The van der Waals surface area contributed by atoms with E-state index in [4.69, 9.17) is 4.74 Å². The van der Waals surface area contributed by atoms with Gasteiger partial charge >= 0.3 is 5.97 Å². The minimum absolute atomic E-state index is 0.131. The largest absolute Gasteiger partial charge is 0.453 e. The molecule has 4 heteroatoms. The van der Waals surface area contributed by atoms with Gasteiger partial charge in [0.1, 0.15) is 18.5 Å². The van der Waals surface area contributed by atoms with Gasteiger partial charge in [0.05, 0.1) is 18.7 Å². The number of halogens is 1. The molecule has 1 fully saturated rings. The molecule has 0 saturated carbocycles. The van der Waals surface area contributed by atoms with Gasteiger partial charge in [0.15, 0.2) is 0 Å². The maximum absolute atomic E-state index is 13.0. The Morgan fingerprint density at radius 1 is 1.44 bits per heavy atom. The van der Waals surface area contributed by atoms with Crippen molar-refractivity contribution in [3.63, 3.8) is 0 Å². The molecule has 0 bridgehead atoms. The van der Waals surface area contributed by atoms with Crippen molar-refractivity contribution in [3.8, 4) is 0 Å². The van der Waals surface area contributed by atoms with Gasteiger partial charge in [-0.2, -0.15) is 0 Å². The first-order valence-corrected chi connectivity index (χ1v) is 6.45. The van der Waals surface area contributed by atoms with Crippen molar-refractivity contribution in [2.24, 2.45) is 0 Å². The van der Waals surface area contributed by atoms with E-state index in [9.17, 15) is 9.18 Å². The molecular weight excluding hydrogens is 233 g/mol. The molecule has 1 aliphatic heterocycles. The van der Waals surface area contributed by atoms with Crippen LogP contribution in [0.4, 0.5) is 4.39 Å². The number of esters is 1. The summed E-state index contributed by atoms with van der Waals surface area (Å²) in [5.41, 5.74) is 0.276. The second kappa shape index (κ2) is 5.96. The smallest absolute Gasteiger partial charge is 0.338 e. The molecule has 2 rings (SSSR count). The Balaban J connectivity index is 1.86. The molecule has 1 saturated heterocycles. The van der Waals surface area contributed by atoms with E-state index in [1.54, 1.807) is 6.07 Å². The Morgan fingerprint density at radius 3 is 2.83 bits per heavy atom. The first kappa shape index (κ1) is 13.0. The van der Waals surface area contributed by atoms with Gasteiger partial charge in [-0.25, -0.2) is 9.18 Å². The zero-order valence-corrected chi connectivity index (χ0v) is 10.6. The molecule has 0 aromatic heterocycles. The molecule has 0 unspecified atom stereocenters. The summed E-state index contributed by atoms with van der Waals surface area (Å²) in [5.74, 6) is -0.858. The van der Waals surface area contributed by atoms with Crippen LogP contribution in [-0.2, 0) is 4.74 Å². The summed E-state index contributed by atoms with van der Waals surface area (Å²) in [6, 6.07) is 5.61. The lowest BCUT2D eigenvalue weighted by molar-refractivity contribution is -0.890. The highest BCUT2D eigenvalue weighted by Gasteiger charge is 2.21. The molecule has 1 aromatic rings. The van der Waals surface area contributed by atoms with E-state index in [0.29, 0.717) is 0 Å². The Bertz CT molecular complexity index is 416. The van der Waals surface area contributed by atoms with Crippen molar-refractivity contribution in [3.05, 3.63) is 35.6 Å². The van der Waals surface area contributed by atoms with E-state index in [1.807, 2.05) is 6.92 Å². The average molecular weight is 252 g/mol. The van der Waals surface area contributed by atoms with E-state index in [0.717, 1.165) is 19.6 Å². The SMILES string of the molecule is C[C@H](C[NH+]1CCCC1)OC(=O)c1cccc(F)c1. The third kappa shape index (κ3) is 3.53. The lowest BCUT2D eigenvalue weighted by Gasteiger charge is -2.18. The first-order chi connectivity index (χ1) is 8.65. The van der Waals surface area contributed by atoms with E-state index in [-0.39, 0.29) is 11.7 Å². The van der Waals surface area contributed by atoms with Gasteiger partial charge in [-0.3, -0.25) is 0 Å². The third-order valence-corrected chi connectivity index (χ3v) is 3.26. The van der Waals surface area contributed by atoms with Crippen molar-refractivity contribution < 1.29 is 18.8 Å². The number of likely N-dealkylation sites (tertiary alicyclic amines) is 1. The summed E-state index contributed by atoms with van der Waals surface area (Å²) in [4.78, 5) is 13.3. The molecule has 1 heterocycles. The number of hydrogen-bond donors (Lipinski definition) is 1. The molecule has 98 valence electrons. The summed E-state index contributed by atoms with van der Waals surface area (Å²) in [5, 5.41) is 0. The minimum atomic E-state index is -0.444. The molecule has 1 aromatic carbocycles. The molecule has 1 aliphatic rings. The van der Waals surface area contributed by atoms with E-state index in [1.165, 1.54) is 35.9 Å². The van der Waals surface area contributed by atoms with Crippen molar-refractivity contribution in [2.45, 2.75) is 25.9 Å². The molecule has 18 heavy (non-hydrogen) atoms. The highest BCUT2D eigenvalue weighted by Crippen LogP contribution is 2.06. The summed E-state index contributed by atoms with van der Waals surface area (Å²) in [6.45, 7) is 5.04. The van der Waals surface area contributed by atoms with Gasteiger partial charge in [0, 0.05) is 12.8 Å². The summed E-state index contributed by atoms with van der Waals surface area (Å²) < 4.78 is 18.3. The molecule has 0 aliphatic carbocycles. The number of rotatable bonds is 4. The highest BCUT2D eigenvalue weighted by molar-refractivity contribution is 5.89. The van der Waals surface area contributed by atoms with Crippen molar-refractivity contribution >= 4 is 5.97 Å². The van der Waals surface area contributed by atoms with Crippen LogP contribution in [0.25, 0.3) is 0 Å². The molecule has 0 spiro atoms. The minimum Gasteiger partial charge on any atom is -0.453 e. The van der Waals surface area contributed by atoms with Crippen molar-refractivity contribution in [1.29, 1.82) is 0 Å². The molecule has 1 atom stereocenters. The lowest BCUT2D eigenvalue weighted by atomic mass is 10.2. The quantitative estimate of drug-likeness (QED) is 0.812. The van der Waals surface area contributed by atoms with Crippen LogP contribution in [-0.4, -0.2) is 31.7 Å². The summed E-state index contributed by atoms with van der Waals surface area (Å²) in [6.07, 6.45) is 2.37. The predicted octanol–water partition coefficient (Wildman–Crippen LogP) is 1.05. The van der Waals surface area contributed by atoms with E-state index >= 15 is 0 Å². The molecule has 1 N–H and O–H groups in total. The monoisotopic (exact) mass is 252 g/mol. The fraction of sp³-hybridized carbons (Fsp3) is 0.500. The van der Waals surface area contributed by atoms with Crippen LogP contribution in [0.5, 0.6) is 0 Å². The Labute approximate surface area is 107 Å². The van der Waals surface area contributed by atoms with Crippen LogP contribution in [0.1, 0.15) is 30.1 Å². The number of quaternary nitrogens is 1. The highest BCUT2D eigenvalue weighted by atomic mass is 19.1. The fourth-order valence-electron chi connectivity index (χ4n) is 2.39. The van der Waals surface area contributed by atoms with Gasteiger partial charge in [-0.05, 0) is 25.1 Å².